The summed E-state index contributed by atoms with van der Waals surface area (Å²) in [4.78, 5) is 11.3. The fourth-order valence-corrected chi connectivity index (χ4v) is 9.64. The lowest BCUT2D eigenvalue weighted by molar-refractivity contribution is 1.01. The van der Waals surface area contributed by atoms with Gasteiger partial charge in [-0.25, -0.2) is 9.97 Å². The number of hydrogen-bond acceptors (Lipinski definition) is 3. The van der Waals surface area contributed by atoms with Crippen LogP contribution in [0.25, 0.3) is 103 Å². The molecule has 52 heavy (non-hydrogen) atoms. The first-order chi connectivity index (χ1) is 25.8. The first-order valence-corrected chi connectivity index (χ1v) is 18.3. The van der Waals surface area contributed by atoms with Crippen molar-refractivity contribution in [2.24, 2.45) is 0 Å². The SMILES string of the molecule is c1cc(-n2c3ccccc3c3cc(-n4c5ccccc5c5ccccc54)ccc32)c2c(c1)sc1nc(-n3c4ccccc4c4ccccc43)ncc12. The Hall–Kier alpha value is -6.76. The van der Waals surface area contributed by atoms with E-state index in [1.54, 1.807) is 11.3 Å². The van der Waals surface area contributed by atoms with Crippen LogP contribution >= 0.6 is 11.3 Å². The highest BCUT2D eigenvalue weighted by Crippen LogP contribution is 2.42. The second-order valence-electron chi connectivity index (χ2n) is 13.4. The molecule has 0 unspecified atom stereocenters. The average molecular weight is 682 g/mol. The molecule has 5 nitrogen and oxygen atoms in total. The molecule has 0 N–H and O–H groups in total. The van der Waals surface area contributed by atoms with Crippen LogP contribution in [0.2, 0.25) is 0 Å². The lowest BCUT2D eigenvalue weighted by Gasteiger charge is -2.12. The molecular weight excluding hydrogens is 655 g/mol. The van der Waals surface area contributed by atoms with E-state index < -0.39 is 0 Å². The van der Waals surface area contributed by atoms with Crippen molar-refractivity contribution in [2.45, 2.75) is 0 Å². The highest BCUT2D eigenvalue weighted by Gasteiger charge is 2.20. The summed E-state index contributed by atoms with van der Waals surface area (Å²) in [6, 6.07) is 56.7. The summed E-state index contributed by atoms with van der Waals surface area (Å²) in [5.41, 5.74) is 9.26. The van der Waals surface area contributed by atoms with E-state index >= 15 is 0 Å². The van der Waals surface area contributed by atoms with Gasteiger partial charge in [-0.1, -0.05) is 97.1 Å². The maximum absolute atomic E-state index is 5.25. The molecule has 5 aromatic heterocycles. The molecule has 0 fully saturated rings. The van der Waals surface area contributed by atoms with Crippen molar-refractivity contribution in [3.05, 3.63) is 164 Å². The van der Waals surface area contributed by atoms with E-state index in [-0.39, 0.29) is 0 Å². The highest BCUT2D eigenvalue weighted by molar-refractivity contribution is 7.25. The summed E-state index contributed by atoms with van der Waals surface area (Å²) < 4.78 is 8.20. The quantitative estimate of drug-likeness (QED) is 0.186. The van der Waals surface area contributed by atoms with Crippen LogP contribution in [0.15, 0.2) is 164 Å². The summed E-state index contributed by atoms with van der Waals surface area (Å²) in [5, 5.41) is 9.61. The minimum absolute atomic E-state index is 0.687. The number of rotatable bonds is 3. The third-order valence-corrected chi connectivity index (χ3v) is 11.8. The maximum Gasteiger partial charge on any atom is 0.236 e. The summed E-state index contributed by atoms with van der Waals surface area (Å²) in [6.45, 7) is 0. The molecule has 242 valence electrons. The first-order valence-electron chi connectivity index (χ1n) is 17.5. The predicted octanol–water partition coefficient (Wildman–Crippen LogP) is 12.1. The van der Waals surface area contributed by atoms with E-state index in [0.717, 1.165) is 32.6 Å². The normalized spacial score (nSPS) is 12.2. The Kier molecular flexibility index (Phi) is 5.59. The van der Waals surface area contributed by atoms with Crippen LogP contribution in [0.5, 0.6) is 0 Å². The molecule has 0 aliphatic heterocycles. The van der Waals surface area contributed by atoms with Gasteiger partial charge in [-0.3, -0.25) is 4.57 Å². The van der Waals surface area contributed by atoms with Crippen molar-refractivity contribution in [2.75, 3.05) is 0 Å². The van der Waals surface area contributed by atoms with Crippen LogP contribution in [-0.2, 0) is 0 Å². The summed E-state index contributed by atoms with van der Waals surface area (Å²) in [6.07, 6.45) is 2.03. The number of fused-ring (bicyclic) bond motifs is 12. The molecule has 0 aliphatic carbocycles. The highest BCUT2D eigenvalue weighted by atomic mass is 32.1. The first kappa shape index (κ1) is 28.0. The van der Waals surface area contributed by atoms with Crippen LogP contribution in [0, 0.1) is 0 Å². The third kappa shape index (κ3) is 3.71. The summed E-state index contributed by atoms with van der Waals surface area (Å²) in [7, 11) is 0. The van der Waals surface area contributed by atoms with Gasteiger partial charge in [-0.2, -0.15) is 0 Å². The van der Waals surface area contributed by atoms with Crippen LogP contribution in [0.1, 0.15) is 0 Å². The van der Waals surface area contributed by atoms with E-state index in [1.165, 1.54) is 64.5 Å². The number of aromatic nitrogens is 5. The van der Waals surface area contributed by atoms with Crippen molar-refractivity contribution in [1.82, 2.24) is 23.7 Å². The van der Waals surface area contributed by atoms with E-state index in [1.807, 2.05) is 6.20 Å². The molecule has 0 atom stereocenters. The Morgan fingerprint density at radius 1 is 0.404 bits per heavy atom. The van der Waals surface area contributed by atoms with Gasteiger partial charge in [0.1, 0.15) is 4.83 Å². The molecule has 5 heterocycles. The van der Waals surface area contributed by atoms with Crippen LogP contribution in [0.4, 0.5) is 0 Å². The van der Waals surface area contributed by atoms with Crippen LogP contribution in [-0.4, -0.2) is 23.7 Å². The molecule has 0 aliphatic rings. The van der Waals surface area contributed by atoms with Crippen molar-refractivity contribution in [3.8, 4) is 17.3 Å². The molecule has 12 rings (SSSR count). The smallest absolute Gasteiger partial charge is 0.236 e. The topological polar surface area (TPSA) is 40.6 Å². The van der Waals surface area contributed by atoms with Gasteiger partial charge >= 0.3 is 0 Å². The number of thiophene rings is 1. The molecule has 0 radical (unpaired) electrons. The zero-order valence-electron chi connectivity index (χ0n) is 27.7. The predicted molar refractivity (Wildman–Crippen MR) is 218 cm³/mol. The van der Waals surface area contributed by atoms with Gasteiger partial charge < -0.3 is 9.13 Å². The lowest BCUT2D eigenvalue weighted by atomic mass is 10.1. The summed E-state index contributed by atoms with van der Waals surface area (Å²) >= 11 is 1.73. The van der Waals surface area contributed by atoms with Gasteiger partial charge in [-0.15, -0.1) is 11.3 Å². The Balaban J connectivity index is 1.09. The van der Waals surface area contributed by atoms with Crippen LogP contribution < -0.4 is 0 Å². The molecule has 0 spiro atoms. The third-order valence-electron chi connectivity index (χ3n) is 10.7. The monoisotopic (exact) mass is 681 g/mol. The largest absolute Gasteiger partial charge is 0.309 e. The average Bonchev–Trinajstić information content (AvgIpc) is 3.94. The molecule has 12 aromatic rings. The Bertz CT molecular complexity index is 3320. The van der Waals surface area contributed by atoms with E-state index in [4.69, 9.17) is 9.97 Å². The standard InChI is InChI=1S/C46H27N5S/c1-6-17-36-29(12-1)30-13-2-7-18-37(30)49(36)28-24-25-41-34(26-28)33-16-5-8-19-38(33)50(41)42-22-11-23-43-44(42)35-27-47-46(48-45(35)52-43)51-39-20-9-3-14-31(39)32-15-4-10-21-40(32)51/h1-27H. The fraction of sp³-hybridized carbons (Fsp3) is 0. The van der Waals surface area contributed by atoms with E-state index in [9.17, 15) is 0 Å². The van der Waals surface area contributed by atoms with Crippen molar-refractivity contribution in [1.29, 1.82) is 0 Å². The number of benzene rings is 7. The van der Waals surface area contributed by atoms with E-state index in [0.29, 0.717) is 5.95 Å². The minimum atomic E-state index is 0.687. The zero-order chi connectivity index (χ0) is 33.9. The molecule has 0 saturated carbocycles. The molecule has 6 heteroatoms. The van der Waals surface area contributed by atoms with Gasteiger partial charge in [0.15, 0.2) is 0 Å². The van der Waals surface area contributed by atoms with Gasteiger partial charge in [0.2, 0.25) is 5.95 Å². The molecule has 0 bridgehead atoms. The summed E-state index contributed by atoms with van der Waals surface area (Å²) in [5.74, 6) is 0.687. The second-order valence-corrected chi connectivity index (χ2v) is 14.5. The molecular formula is C46H27N5S. The van der Waals surface area contributed by atoms with Crippen LogP contribution in [0.3, 0.4) is 0 Å². The lowest BCUT2D eigenvalue weighted by Crippen LogP contribution is -2.00. The van der Waals surface area contributed by atoms with Gasteiger partial charge in [-0.05, 0) is 60.7 Å². The number of hydrogen-bond donors (Lipinski definition) is 0. The Labute approximate surface area is 300 Å². The fourth-order valence-electron chi connectivity index (χ4n) is 8.58. The Morgan fingerprint density at radius 3 is 1.50 bits per heavy atom. The maximum atomic E-state index is 5.25. The second kappa shape index (κ2) is 10.4. The molecule has 0 amide bonds. The number of para-hydroxylation sites is 5. The molecule has 7 aromatic carbocycles. The van der Waals surface area contributed by atoms with Crippen molar-refractivity contribution in [3.63, 3.8) is 0 Å². The molecule has 0 saturated heterocycles. The number of nitrogens with zero attached hydrogens (tertiary/aromatic N) is 5. The van der Waals surface area contributed by atoms with Gasteiger partial charge in [0, 0.05) is 59.7 Å². The van der Waals surface area contributed by atoms with E-state index in [2.05, 4.69) is 171 Å². The van der Waals surface area contributed by atoms with Crippen molar-refractivity contribution >= 4 is 97.1 Å². The van der Waals surface area contributed by atoms with Gasteiger partial charge in [0.25, 0.3) is 0 Å². The Morgan fingerprint density at radius 2 is 0.904 bits per heavy atom. The minimum Gasteiger partial charge on any atom is -0.309 e. The zero-order valence-corrected chi connectivity index (χ0v) is 28.5. The van der Waals surface area contributed by atoms with Crippen molar-refractivity contribution < 1.29 is 0 Å². The van der Waals surface area contributed by atoms with Gasteiger partial charge in [0.05, 0.1) is 38.8 Å².